The maximum Gasteiger partial charge on any atom is 0.319 e. The van der Waals surface area contributed by atoms with E-state index in [4.69, 9.17) is 0 Å². The van der Waals surface area contributed by atoms with Gasteiger partial charge in [0.2, 0.25) is 0 Å². The molecule has 1 rings (SSSR count). The zero-order valence-electron chi connectivity index (χ0n) is 6.17. The molecule has 0 N–H and O–H groups in total. The van der Waals surface area contributed by atoms with Crippen LogP contribution in [0.5, 0.6) is 0 Å². The Morgan fingerprint density at radius 2 is 1.80 bits per heavy atom. The standard InChI is InChI=1S/C6H11IN2O/c1-8-3-5(7)4-9(2)6(8)10/h5H,3-4H2,1-2H3. The lowest BCUT2D eigenvalue weighted by molar-refractivity contribution is 0.157. The molecule has 1 aliphatic heterocycles. The van der Waals surface area contributed by atoms with E-state index in [2.05, 4.69) is 22.6 Å². The highest BCUT2D eigenvalue weighted by atomic mass is 127. The summed E-state index contributed by atoms with van der Waals surface area (Å²) in [6, 6.07) is 0.132. The van der Waals surface area contributed by atoms with Crippen molar-refractivity contribution in [2.45, 2.75) is 3.92 Å². The Morgan fingerprint density at radius 1 is 1.40 bits per heavy atom. The SMILES string of the molecule is CN1CC(I)CN(C)C1=O. The number of alkyl halides is 1. The van der Waals surface area contributed by atoms with E-state index in [9.17, 15) is 4.79 Å². The Labute approximate surface area is 74.5 Å². The van der Waals surface area contributed by atoms with E-state index in [0.717, 1.165) is 13.1 Å². The van der Waals surface area contributed by atoms with Gasteiger partial charge in [0.1, 0.15) is 0 Å². The highest BCUT2D eigenvalue weighted by molar-refractivity contribution is 14.1. The summed E-state index contributed by atoms with van der Waals surface area (Å²) >= 11 is 2.36. The van der Waals surface area contributed by atoms with E-state index in [1.54, 1.807) is 9.80 Å². The number of halogens is 1. The summed E-state index contributed by atoms with van der Waals surface area (Å²) in [5.74, 6) is 0. The number of rotatable bonds is 0. The third-order valence-corrected chi connectivity index (χ3v) is 2.38. The largest absolute Gasteiger partial charge is 0.327 e. The van der Waals surface area contributed by atoms with Gasteiger partial charge in [0.15, 0.2) is 0 Å². The van der Waals surface area contributed by atoms with Crippen molar-refractivity contribution >= 4 is 28.6 Å². The third-order valence-electron chi connectivity index (χ3n) is 1.60. The van der Waals surface area contributed by atoms with Crippen LogP contribution in [-0.4, -0.2) is 46.9 Å². The Morgan fingerprint density at radius 3 is 2.20 bits per heavy atom. The van der Waals surface area contributed by atoms with Crippen LogP contribution in [0.15, 0.2) is 0 Å². The van der Waals surface area contributed by atoms with Crippen molar-refractivity contribution in [3.63, 3.8) is 0 Å². The maximum absolute atomic E-state index is 11.1. The molecule has 0 aliphatic carbocycles. The fourth-order valence-corrected chi connectivity index (χ4v) is 2.28. The van der Waals surface area contributed by atoms with E-state index in [1.807, 2.05) is 14.1 Å². The molecule has 0 unspecified atom stereocenters. The summed E-state index contributed by atoms with van der Waals surface area (Å²) in [4.78, 5) is 14.6. The van der Waals surface area contributed by atoms with Gasteiger partial charge in [0.25, 0.3) is 0 Å². The van der Waals surface area contributed by atoms with Gasteiger partial charge in [0, 0.05) is 31.1 Å². The number of hydrogen-bond donors (Lipinski definition) is 0. The molecular weight excluding hydrogens is 243 g/mol. The molecule has 2 amide bonds. The summed E-state index contributed by atoms with van der Waals surface area (Å²) in [7, 11) is 3.67. The van der Waals surface area contributed by atoms with Crippen molar-refractivity contribution in [3.8, 4) is 0 Å². The van der Waals surface area contributed by atoms with E-state index in [-0.39, 0.29) is 6.03 Å². The van der Waals surface area contributed by atoms with Crippen LogP contribution in [0.25, 0.3) is 0 Å². The van der Waals surface area contributed by atoms with E-state index in [0.29, 0.717) is 3.92 Å². The minimum absolute atomic E-state index is 0.132. The molecule has 0 aromatic heterocycles. The zero-order chi connectivity index (χ0) is 7.72. The normalized spacial score (nSPS) is 22.1. The van der Waals surface area contributed by atoms with Crippen molar-refractivity contribution in [3.05, 3.63) is 0 Å². The second-order valence-corrected chi connectivity index (χ2v) is 4.40. The molecule has 0 aromatic rings. The van der Waals surface area contributed by atoms with Crippen molar-refractivity contribution in [2.75, 3.05) is 27.2 Å². The van der Waals surface area contributed by atoms with Crippen LogP contribution in [0, 0.1) is 0 Å². The molecular formula is C6H11IN2O. The predicted octanol–water partition coefficient (Wildman–Crippen LogP) is 0.787. The van der Waals surface area contributed by atoms with Gasteiger partial charge in [-0.25, -0.2) is 4.79 Å². The molecule has 58 valence electrons. The smallest absolute Gasteiger partial charge is 0.319 e. The highest BCUT2D eigenvalue weighted by Gasteiger charge is 2.24. The van der Waals surface area contributed by atoms with Crippen molar-refractivity contribution in [1.82, 2.24) is 9.80 Å². The van der Waals surface area contributed by atoms with Crippen LogP contribution in [0.4, 0.5) is 4.79 Å². The highest BCUT2D eigenvalue weighted by Crippen LogP contribution is 2.11. The van der Waals surface area contributed by atoms with Crippen LogP contribution >= 0.6 is 22.6 Å². The second-order valence-electron chi connectivity index (χ2n) is 2.64. The van der Waals surface area contributed by atoms with Crippen LogP contribution in [0.2, 0.25) is 0 Å². The Balaban J connectivity index is 2.57. The summed E-state index contributed by atoms with van der Waals surface area (Å²) in [6.07, 6.45) is 0. The number of amides is 2. The predicted molar refractivity (Wildman–Crippen MR) is 48.5 cm³/mol. The molecule has 4 heteroatoms. The second kappa shape index (κ2) is 2.94. The van der Waals surface area contributed by atoms with E-state index < -0.39 is 0 Å². The number of carbonyl (C=O) groups is 1. The first-order valence-electron chi connectivity index (χ1n) is 3.21. The Kier molecular flexibility index (Phi) is 2.38. The van der Waals surface area contributed by atoms with E-state index >= 15 is 0 Å². The number of carbonyl (C=O) groups excluding carboxylic acids is 1. The van der Waals surface area contributed by atoms with Crippen molar-refractivity contribution < 1.29 is 4.79 Å². The fraction of sp³-hybridized carbons (Fsp3) is 0.833. The molecule has 3 nitrogen and oxygen atoms in total. The lowest BCUT2D eigenvalue weighted by Crippen LogP contribution is -2.50. The molecule has 0 saturated carbocycles. The van der Waals surface area contributed by atoms with Gasteiger partial charge in [-0.05, 0) is 0 Å². The first kappa shape index (κ1) is 8.10. The average Bonchev–Trinajstić information content (AvgIpc) is 1.82. The van der Waals surface area contributed by atoms with Gasteiger partial charge in [-0.2, -0.15) is 0 Å². The fourth-order valence-electron chi connectivity index (χ4n) is 1.10. The quantitative estimate of drug-likeness (QED) is 0.463. The molecule has 0 aromatic carbocycles. The molecule has 1 fully saturated rings. The summed E-state index contributed by atoms with van der Waals surface area (Å²) in [6.45, 7) is 1.76. The van der Waals surface area contributed by atoms with Crippen molar-refractivity contribution in [1.29, 1.82) is 0 Å². The molecule has 0 radical (unpaired) electrons. The lowest BCUT2D eigenvalue weighted by atomic mass is 10.3. The van der Waals surface area contributed by atoms with Crippen molar-refractivity contribution in [2.24, 2.45) is 0 Å². The molecule has 1 heterocycles. The molecule has 0 bridgehead atoms. The first-order valence-corrected chi connectivity index (χ1v) is 4.46. The molecule has 10 heavy (non-hydrogen) atoms. The summed E-state index contributed by atoms with van der Waals surface area (Å²) < 4.78 is 0.574. The Hall–Kier alpha value is 0. The van der Waals surface area contributed by atoms with E-state index in [1.165, 1.54) is 0 Å². The third kappa shape index (κ3) is 1.53. The number of nitrogens with zero attached hydrogens (tertiary/aromatic N) is 2. The van der Waals surface area contributed by atoms with Crippen LogP contribution in [0.3, 0.4) is 0 Å². The minimum Gasteiger partial charge on any atom is -0.327 e. The molecule has 1 aliphatic rings. The molecule has 1 saturated heterocycles. The van der Waals surface area contributed by atoms with Gasteiger partial charge in [-0.1, -0.05) is 22.6 Å². The van der Waals surface area contributed by atoms with Crippen LogP contribution < -0.4 is 0 Å². The first-order chi connectivity index (χ1) is 4.61. The van der Waals surface area contributed by atoms with Gasteiger partial charge >= 0.3 is 6.03 Å². The lowest BCUT2D eigenvalue weighted by Gasteiger charge is -2.33. The van der Waals surface area contributed by atoms with Gasteiger partial charge in [-0.15, -0.1) is 0 Å². The monoisotopic (exact) mass is 254 g/mol. The van der Waals surface area contributed by atoms with Gasteiger partial charge < -0.3 is 9.80 Å². The molecule has 0 spiro atoms. The molecule has 0 atom stereocenters. The maximum atomic E-state index is 11.1. The van der Waals surface area contributed by atoms with Gasteiger partial charge in [0.05, 0.1) is 0 Å². The Bertz CT molecular complexity index is 137. The summed E-state index contributed by atoms with van der Waals surface area (Å²) in [5.41, 5.74) is 0. The number of urea groups is 1. The summed E-state index contributed by atoms with van der Waals surface area (Å²) in [5, 5.41) is 0. The van der Waals surface area contributed by atoms with Crippen LogP contribution in [0.1, 0.15) is 0 Å². The van der Waals surface area contributed by atoms with Gasteiger partial charge in [-0.3, -0.25) is 0 Å². The topological polar surface area (TPSA) is 23.6 Å². The number of hydrogen-bond acceptors (Lipinski definition) is 1. The van der Waals surface area contributed by atoms with Crippen LogP contribution in [-0.2, 0) is 0 Å². The minimum atomic E-state index is 0.132. The zero-order valence-corrected chi connectivity index (χ0v) is 8.33. The average molecular weight is 254 g/mol.